The third-order valence-electron chi connectivity index (χ3n) is 3.29. The molecule has 4 nitrogen and oxygen atoms in total. The van der Waals surface area contributed by atoms with Gasteiger partial charge in [-0.25, -0.2) is 4.98 Å². The first-order valence-electron chi connectivity index (χ1n) is 6.85. The molecule has 3 rings (SSSR count). The summed E-state index contributed by atoms with van der Waals surface area (Å²) in [5.74, 6) is -1.18. The van der Waals surface area contributed by atoms with Crippen molar-refractivity contribution < 1.29 is 9.90 Å². The maximum absolute atomic E-state index is 10.8. The Morgan fingerprint density at radius 2 is 1.78 bits per heavy atom. The summed E-state index contributed by atoms with van der Waals surface area (Å²) in [5, 5.41) is 14.7. The van der Waals surface area contributed by atoms with Crippen LogP contribution >= 0.6 is 27.3 Å². The van der Waals surface area contributed by atoms with Gasteiger partial charge in [0.15, 0.2) is 5.13 Å². The van der Waals surface area contributed by atoms with Crippen LogP contribution in [0.5, 0.6) is 0 Å². The second kappa shape index (κ2) is 6.52. The minimum Gasteiger partial charge on any atom is -0.545 e. The third-order valence-corrected chi connectivity index (χ3v) is 4.70. The number of thiazole rings is 1. The minimum atomic E-state index is -1.18. The molecular formula is C17H12BrN2O2S-. The zero-order chi connectivity index (χ0) is 16.4. The van der Waals surface area contributed by atoms with Crippen molar-refractivity contribution in [2.45, 2.75) is 6.92 Å². The lowest BCUT2D eigenvalue weighted by atomic mass is 10.1. The Balaban J connectivity index is 1.83. The van der Waals surface area contributed by atoms with Gasteiger partial charge in [0.25, 0.3) is 0 Å². The van der Waals surface area contributed by atoms with E-state index in [0.29, 0.717) is 0 Å². The number of halogens is 1. The molecule has 23 heavy (non-hydrogen) atoms. The maximum Gasteiger partial charge on any atom is 0.187 e. The highest BCUT2D eigenvalue weighted by Gasteiger charge is 2.10. The van der Waals surface area contributed by atoms with Crippen LogP contribution in [-0.4, -0.2) is 11.0 Å². The lowest BCUT2D eigenvalue weighted by Crippen LogP contribution is -2.21. The molecule has 1 heterocycles. The molecule has 6 heteroatoms. The number of hydrogen-bond donors (Lipinski definition) is 1. The average molecular weight is 388 g/mol. The average Bonchev–Trinajstić information content (AvgIpc) is 2.89. The van der Waals surface area contributed by atoms with E-state index < -0.39 is 5.97 Å². The van der Waals surface area contributed by atoms with Gasteiger partial charge < -0.3 is 15.2 Å². The fourth-order valence-electron chi connectivity index (χ4n) is 2.14. The number of aromatic nitrogens is 1. The van der Waals surface area contributed by atoms with Crippen LogP contribution in [-0.2, 0) is 0 Å². The zero-order valence-electron chi connectivity index (χ0n) is 12.2. The highest BCUT2D eigenvalue weighted by atomic mass is 79.9. The van der Waals surface area contributed by atoms with E-state index >= 15 is 0 Å². The second-order valence-corrected chi connectivity index (χ2v) is 7.04. The molecule has 0 saturated carbocycles. The molecule has 0 saturated heterocycles. The van der Waals surface area contributed by atoms with Crippen LogP contribution in [0.25, 0.3) is 11.3 Å². The smallest absolute Gasteiger partial charge is 0.187 e. The number of carbonyl (C=O) groups excluding carboxylic acids is 1. The van der Waals surface area contributed by atoms with Gasteiger partial charge in [0, 0.05) is 20.6 Å². The van der Waals surface area contributed by atoms with Crippen LogP contribution in [0.2, 0.25) is 0 Å². The fourth-order valence-corrected chi connectivity index (χ4v) is 3.26. The van der Waals surface area contributed by atoms with E-state index in [1.54, 1.807) is 23.5 Å². The number of carbonyl (C=O) groups is 1. The molecule has 3 aromatic rings. The molecule has 0 radical (unpaired) electrons. The van der Waals surface area contributed by atoms with E-state index in [4.69, 9.17) is 0 Å². The Kier molecular flexibility index (Phi) is 4.45. The summed E-state index contributed by atoms with van der Waals surface area (Å²) in [5.41, 5.74) is 2.94. The first-order valence-corrected chi connectivity index (χ1v) is 8.45. The Bertz CT molecular complexity index is 842. The summed E-state index contributed by atoms with van der Waals surface area (Å²) in [6.45, 7) is 2.03. The molecule has 1 aromatic heterocycles. The third kappa shape index (κ3) is 3.60. The van der Waals surface area contributed by atoms with Crippen molar-refractivity contribution in [3.63, 3.8) is 0 Å². The van der Waals surface area contributed by atoms with Crippen molar-refractivity contribution in [2.24, 2.45) is 0 Å². The number of aromatic carboxylic acids is 1. The molecule has 0 aliphatic rings. The van der Waals surface area contributed by atoms with Crippen LogP contribution in [0.1, 0.15) is 15.2 Å². The van der Waals surface area contributed by atoms with Gasteiger partial charge in [-0.2, -0.15) is 0 Å². The number of benzene rings is 2. The van der Waals surface area contributed by atoms with Crippen LogP contribution in [0.15, 0.2) is 53.0 Å². The number of anilines is 2. The molecule has 0 aliphatic carbocycles. The van der Waals surface area contributed by atoms with Crippen LogP contribution < -0.4 is 10.4 Å². The van der Waals surface area contributed by atoms with E-state index in [0.717, 1.165) is 31.4 Å². The first-order chi connectivity index (χ1) is 11.0. The molecule has 0 spiro atoms. The highest BCUT2D eigenvalue weighted by Crippen LogP contribution is 2.32. The molecule has 0 amide bonds. The van der Waals surface area contributed by atoms with Crippen molar-refractivity contribution in [3.8, 4) is 11.3 Å². The van der Waals surface area contributed by atoms with Gasteiger partial charge in [-0.15, -0.1) is 11.3 Å². The Hall–Kier alpha value is -2.18. The summed E-state index contributed by atoms with van der Waals surface area (Å²) in [6, 6.07) is 14.4. The lowest BCUT2D eigenvalue weighted by Gasteiger charge is -2.05. The van der Waals surface area contributed by atoms with Crippen molar-refractivity contribution in [1.82, 2.24) is 4.98 Å². The van der Waals surface area contributed by atoms with E-state index in [1.165, 1.54) is 12.1 Å². The van der Waals surface area contributed by atoms with Crippen molar-refractivity contribution in [2.75, 3.05) is 5.32 Å². The van der Waals surface area contributed by atoms with Gasteiger partial charge in [-0.05, 0) is 36.8 Å². The molecule has 0 aliphatic heterocycles. The number of nitrogens with one attached hydrogen (secondary N) is 1. The predicted octanol–water partition coefficient (Wildman–Crippen LogP) is 3.99. The van der Waals surface area contributed by atoms with Gasteiger partial charge in [-0.1, -0.05) is 40.2 Å². The molecule has 116 valence electrons. The Morgan fingerprint density at radius 1 is 1.13 bits per heavy atom. The summed E-state index contributed by atoms with van der Waals surface area (Å²) in [4.78, 5) is 16.5. The lowest BCUT2D eigenvalue weighted by molar-refractivity contribution is -0.255. The van der Waals surface area contributed by atoms with Crippen LogP contribution in [0, 0.1) is 6.92 Å². The normalized spacial score (nSPS) is 10.5. The molecular weight excluding hydrogens is 376 g/mol. The molecule has 0 fully saturated rings. The van der Waals surface area contributed by atoms with Crippen molar-refractivity contribution >= 4 is 44.1 Å². The van der Waals surface area contributed by atoms with Crippen LogP contribution in [0.3, 0.4) is 0 Å². The number of nitrogens with zero attached hydrogens (tertiary/aromatic N) is 1. The molecule has 2 aromatic carbocycles. The van der Waals surface area contributed by atoms with E-state index in [-0.39, 0.29) is 5.56 Å². The largest absolute Gasteiger partial charge is 0.545 e. The Morgan fingerprint density at radius 3 is 2.39 bits per heavy atom. The number of carboxylic acids is 1. The molecule has 0 unspecified atom stereocenters. The summed E-state index contributed by atoms with van der Waals surface area (Å²) < 4.78 is 1.03. The van der Waals surface area contributed by atoms with Crippen LogP contribution in [0.4, 0.5) is 10.8 Å². The summed E-state index contributed by atoms with van der Waals surface area (Å²) in [6.07, 6.45) is 0. The molecule has 0 atom stereocenters. The number of aryl methyl sites for hydroxylation is 1. The molecule has 0 bridgehead atoms. The van der Waals surface area contributed by atoms with Gasteiger partial charge in [-0.3, -0.25) is 0 Å². The molecule has 1 N–H and O–H groups in total. The second-order valence-electron chi connectivity index (χ2n) is 4.92. The maximum atomic E-state index is 10.8. The zero-order valence-corrected chi connectivity index (χ0v) is 14.6. The van der Waals surface area contributed by atoms with Crippen molar-refractivity contribution in [3.05, 3.63) is 63.4 Å². The first kappa shape index (κ1) is 15.7. The van der Waals surface area contributed by atoms with Crippen molar-refractivity contribution in [1.29, 1.82) is 0 Å². The number of hydrogen-bond acceptors (Lipinski definition) is 5. The fraction of sp³-hybridized carbons (Fsp3) is 0.0588. The van der Waals surface area contributed by atoms with Gasteiger partial charge >= 0.3 is 0 Å². The SMILES string of the molecule is Cc1sc(Nc2ccc(C(=O)[O-])cc2)nc1-c1ccc(Br)cc1. The Labute approximate surface area is 146 Å². The summed E-state index contributed by atoms with van der Waals surface area (Å²) >= 11 is 4.98. The van der Waals surface area contributed by atoms with Gasteiger partial charge in [0.1, 0.15) is 0 Å². The van der Waals surface area contributed by atoms with E-state index in [2.05, 4.69) is 26.2 Å². The topological polar surface area (TPSA) is 65.0 Å². The van der Waals surface area contributed by atoms with E-state index in [1.807, 2.05) is 31.2 Å². The minimum absolute atomic E-state index is 0.154. The number of carboxylic acid groups (broad SMARTS) is 1. The predicted molar refractivity (Wildman–Crippen MR) is 94.0 cm³/mol. The van der Waals surface area contributed by atoms with Gasteiger partial charge in [0.05, 0.1) is 11.7 Å². The summed E-state index contributed by atoms with van der Waals surface area (Å²) in [7, 11) is 0. The highest BCUT2D eigenvalue weighted by molar-refractivity contribution is 9.10. The van der Waals surface area contributed by atoms with E-state index in [9.17, 15) is 9.90 Å². The van der Waals surface area contributed by atoms with Gasteiger partial charge in [0.2, 0.25) is 0 Å². The quantitative estimate of drug-likeness (QED) is 0.734. The number of rotatable bonds is 4. The standard InChI is InChI=1S/C17H13BrN2O2S/c1-10-15(11-2-6-13(18)7-3-11)20-17(23-10)19-14-8-4-12(5-9-14)16(21)22/h2-9H,1H3,(H,19,20)(H,21,22)/p-1. The monoisotopic (exact) mass is 387 g/mol.